The molecule has 5 heteroatoms. The van der Waals surface area contributed by atoms with Crippen molar-refractivity contribution < 1.29 is 4.74 Å². The summed E-state index contributed by atoms with van der Waals surface area (Å²) >= 11 is 1.38. The highest BCUT2D eigenvalue weighted by Gasteiger charge is 2.08. The second kappa shape index (κ2) is 7.85. The van der Waals surface area contributed by atoms with Crippen LogP contribution in [0.15, 0.2) is 24.3 Å². The van der Waals surface area contributed by atoms with Crippen LogP contribution in [0.25, 0.3) is 0 Å². The van der Waals surface area contributed by atoms with Crippen LogP contribution in [0.1, 0.15) is 37.9 Å². The number of ether oxygens (including phenoxy) is 1. The van der Waals surface area contributed by atoms with Crippen molar-refractivity contribution in [2.24, 2.45) is 0 Å². The van der Waals surface area contributed by atoms with E-state index in [9.17, 15) is 0 Å². The average Bonchev–Trinajstić information content (AvgIpc) is 2.92. The molecule has 1 aromatic carbocycles. The number of hydrogen-bond acceptors (Lipinski definition) is 5. The number of benzene rings is 1. The van der Waals surface area contributed by atoms with Crippen molar-refractivity contribution in [1.29, 1.82) is 0 Å². The van der Waals surface area contributed by atoms with E-state index < -0.39 is 0 Å². The minimum absolute atomic E-state index is 0.454. The minimum atomic E-state index is 0.454. The van der Waals surface area contributed by atoms with Gasteiger partial charge in [0.2, 0.25) is 0 Å². The van der Waals surface area contributed by atoms with Crippen molar-refractivity contribution in [3.8, 4) is 5.75 Å². The maximum Gasteiger partial charge on any atom is 0.136 e. The predicted molar refractivity (Wildman–Crippen MR) is 83.5 cm³/mol. The molecule has 0 aliphatic rings. The summed E-state index contributed by atoms with van der Waals surface area (Å²) in [5.41, 5.74) is 2.22. The molecular formula is C15H21N3OS. The van der Waals surface area contributed by atoms with Gasteiger partial charge < -0.3 is 10.1 Å². The van der Waals surface area contributed by atoms with Gasteiger partial charge in [0.05, 0.1) is 0 Å². The van der Waals surface area contributed by atoms with E-state index in [1.54, 1.807) is 0 Å². The van der Waals surface area contributed by atoms with Crippen LogP contribution in [0.2, 0.25) is 0 Å². The van der Waals surface area contributed by atoms with Gasteiger partial charge in [0, 0.05) is 18.1 Å². The van der Waals surface area contributed by atoms with Crippen LogP contribution in [0.4, 0.5) is 5.00 Å². The molecule has 0 spiro atoms. The third-order valence-electron chi connectivity index (χ3n) is 2.93. The molecule has 0 atom stereocenters. The topological polar surface area (TPSA) is 47.0 Å². The Morgan fingerprint density at radius 2 is 1.95 bits per heavy atom. The Hall–Kier alpha value is -1.62. The van der Waals surface area contributed by atoms with Gasteiger partial charge in [0.1, 0.15) is 23.1 Å². The van der Waals surface area contributed by atoms with Crippen molar-refractivity contribution in [1.82, 2.24) is 9.59 Å². The van der Waals surface area contributed by atoms with Gasteiger partial charge in [-0.2, -0.15) is 0 Å². The van der Waals surface area contributed by atoms with Gasteiger partial charge in [0.15, 0.2) is 0 Å². The molecule has 0 unspecified atom stereocenters. The number of aromatic nitrogens is 2. The number of rotatable bonds is 8. The summed E-state index contributed by atoms with van der Waals surface area (Å²) in [6, 6.07) is 8.27. The minimum Gasteiger partial charge on any atom is -0.487 e. The summed E-state index contributed by atoms with van der Waals surface area (Å²) in [7, 11) is 0. The highest BCUT2D eigenvalue weighted by molar-refractivity contribution is 7.10. The Kier molecular flexibility index (Phi) is 5.80. The lowest BCUT2D eigenvalue weighted by Crippen LogP contribution is -2.03. The van der Waals surface area contributed by atoms with E-state index in [4.69, 9.17) is 4.74 Å². The van der Waals surface area contributed by atoms with Crippen molar-refractivity contribution in [3.63, 3.8) is 0 Å². The molecule has 1 aromatic heterocycles. The lowest BCUT2D eigenvalue weighted by atomic mass is 10.1. The van der Waals surface area contributed by atoms with Crippen LogP contribution in [0.5, 0.6) is 5.75 Å². The first-order chi connectivity index (χ1) is 9.83. The summed E-state index contributed by atoms with van der Waals surface area (Å²) in [6.45, 7) is 5.71. The molecule has 1 N–H and O–H groups in total. The van der Waals surface area contributed by atoms with Crippen LogP contribution in [0, 0.1) is 0 Å². The maximum absolute atomic E-state index is 5.77. The third kappa shape index (κ3) is 4.20. The van der Waals surface area contributed by atoms with E-state index >= 15 is 0 Å². The smallest absolute Gasteiger partial charge is 0.136 e. The molecule has 108 valence electrons. The normalized spacial score (nSPS) is 10.5. The molecular weight excluding hydrogens is 270 g/mol. The largest absolute Gasteiger partial charge is 0.487 e. The zero-order chi connectivity index (χ0) is 14.2. The van der Waals surface area contributed by atoms with Crippen molar-refractivity contribution in [2.45, 2.75) is 39.7 Å². The molecule has 0 bridgehead atoms. The van der Waals surface area contributed by atoms with Gasteiger partial charge in [-0.05, 0) is 30.5 Å². The van der Waals surface area contributed by atoms with Crippen molar-refractivity contribution in [3.05, 3.63) is 35.5 Å². The van der Waals surface area contributed by atoms with Crippen molar-refractivity contribution >= 4 is 16.5 Å². The monoisotopic (exact) mass is 291 g/mol. The van der Waals surface area contributed by atoms with E-state index in [0.717, 1.165) is 42.3 Å². The van der Waals surface area contributed by atoms with E-state index in [0.29, 0.717) is 6.61 Å². The zero-order valence-corrected chi connectivity index (χ0v) is 12.9. The number of aryl methyl sites for hydroxylation is 1. The quantitative estimate of drug-likeness (QED) is 0.801. The Labute approximate surface area is 124 Å². The summed E-state index contributed by atoms with van der Waals surface area (Å²) in [5, 5.41) is 8.44. The van der Waals surface area contributed by atoms with Gasteiger partial charge in [-0.3, -0.25) is 0 Å². The predicted octanol–water partition coefficient (Wildman–Crippen LogP) is 3.89. The molecule has 20 heavy (non-hydrogen) atoms. The lowest BCUT2D eigenvalue weighted by Gasteiger charge is -2.07. The molecule has 1 heterocycles. The van der Waals surface area contributed by atoms with Crippen LogP contribution < -0.4 is 10.1 Å². The summed E-state index contributed by atoms with van der Waals surface area (Å²) in [4.78, 5) is 0. The van der Waals surface area contributed by atoms with Crippen molar-refractivity contribution in [2.75, 3.05) is 11.9 Å². The van der Waals surface area contributed by atoms with Gasteiger partial charge >= 0.3 is 0 Å². The van der Waals surface area contributed by atoms with E-state index in [1.165, 1.54) is 17.1 Å². The first-order valence-electron chi connectivity index (χ1n) is 7.10. The summed E-state index contributed by atoms with van der Waals surface area (Å²) in [6.07, 6.45) is 3.36. The number of nitrogens with zero attached hydrogens (tertiary/aromatic N) is 2. The second-order valence-corrected chi connectivity index (χ2v) is 5.41. The Balaban J connectivity index is 1.89. The maximum atomic E-state index is 5.77. The number of anilines is 1. The second-order valence-electron chi connectivity index (χ2n) is 4.66. The highest BCUT2D eigenvalue weighted by atomic mass is 32.1. The molecule has 2 aromatic rings. The fourth-order valence-electron chi connectivity index (χ4n) is 1.87. The van der Waals surface area contributed by atoms with Crippen LogP contribution in [-0.4, -0.2) is 16.1 Å². The molecule has 0 saturated carbocycles. The van der Waals surface area contributed by atoms with Gasteiger partial charge in [0.25, 0.3) is 0 Å². The number of nitrogens with one attached hydrogen (secondary N) is 1. The average molecular weight is 291 g/mol. The Bertz CT molecular complexity index is 510. The third-order valence-corrected chi connectivity index (χ3v) is 3.65. The Morgan fingerprint density at radius 3 is 2.65 bits per heavy atom. The van der Waals surface area contributed by atoms with E-state index in [-0.39, 0.29) is 0 Å². The fourth-order valence-corrected chi connectivity index (χ4v) is 2.46. The standard InChI is InChI=1S/C15H21N3OS/c1-3-5-12-6-8-13(9-7-12)19-11-14-15(16-10-4-2)20-18-17-14/h6-9,16H,3-5,10-11H2,1-2H3. The molecule has 0 radical (unpaired) electrons. The molecule has 0 amide bonds. The Morgan fingerprint density at radius 1 is 1.15 bits per heavy atom. The molecule has 0 saturated heterocycles. The molecule has 4 nitrogen and oxygen atoms in total. The fraction of sp³-hybridized carbons (Fsp3) is 0.467. The zero-order valence-electron chi connectivity index (χ0n) is 12.1. The molecule has 0 aliphatic heterocycles. The van der Waals surface area contributed by atoms with Crippen LogP contribution >= 0.6 is 11.5 Å². The summed E-state index contributed by atoms with van der Waals surface area (Å²) < 4.78 is 9.74. The van der Waals surface area contributed by atoms with E-state index in [2.05, 4.69) is 40.9 Å². The van der Waals surface area contributed by atoms with Crippen LogP contribution in [-0.2, 0) is 13.0 Å². The summed E-state index contributed by atoms with van der Waals surface area (Å²) in [5.74, 6) is 0.874. The molecule has 0 fully saturated rings. The molecule has 2 rings (SSSR count). The first-order valence-corrected chi connectivity index (χ1v) is 7.87. The highest BCUT2D eigenvalue weighted by Crippen LogP contribution is 2.20. The van der Waals surface area contributed by atoms with E-state index in [1.807, 2.05) is 12.1 Å². The number of hydrogen-bond donors (Lipinski definition) is 1. The lowest BCUT2D eigenvalue weighted by molar-refractivity contribution is 0.301. The first kappa shape index (κ1) is 14.8. The van der Waals surface area contributed by atoms with Gasteiger partial charge in [-0.1, -0.05) is 36.9 Å². The SMILES string of the molecule is CCCNc1snnc1COc1ccc(CCC)cc1. The van der Waals surface area contributed by atoms with Crippen LogP contribution in [0.3, 0.4) is 0 Å². The van der Waals surface area contributed by atoms with Gasteiger partial charge in [-0.15, -0.1) is 5.10 Å². The van der Waals surface area contributed by atoms with Gasteiger partial charge in [-0.25, -0.2) is 0 Å². The molecule has 0 aliphatic carbocycles.